The van der Waals surface area contributed by atoms with Gasteiger partial charge in [-0.2, -0.15) is 0 Å². The summed E-state index contributed by atoms with van der Waals surface area (Å²) in [5, 5.41) is 3.59. The number of rotatable bonds is 7. The van der Waals surface area contributed by atoms with Crippen LogP contribution in [0.3, 0.4) is 0 Å². The van der Waals surface area contributed by atoms with Crippen molar-refractivity contribution in [3.8, 4) is 11.3 Å². The van der Waals surface area contributed by atoms with Gasteiger partial charge < -0.3 is 10.3 Å². The topological polar surface area (TPSA) is 74.0 Å². The fraction of sp³-hybridized carbons (Fsp3) is 0.304. The van der Waals surface area contributed by atoms with Gasteiger partial charge in [0.05, 0.1) is 4.90 Å². The Bertz CT molecular complexity index is 1060. The van der Waals surface area contributed by atoms with Crippen LogP contribution in [0.15, 0.2) is 65.7 Å². The minimum atomic E-state index is -3.62. The fourth-order valence-corrected chi connectivity index (χ4v) is 4.93. The van der Waals surface area contributed by atoms with Crippen molar-refractivity contribution in [3.05, 3.63) is 71.9 Å². The molecular formula is C23H27N3O2S. The Morgan fingerprint density at radius 2 is 1.90 bits per heavy atom. The molecule has 0 aliphatic heterocycles. The van der Waals surface area contributed by atoms with Gasteiger partial charge in [-0.25, -0.2) is 8.42 Å². The van der Waals surface area contributed by atoms with E-state index in [0.717, 1.165) is 43.5 Å². The molecule has 1 aromatic heterocycles. The number of sulfonamides is 1. The standard InChI is InChI=1S/C23H27N3O2S/c1-2-13-24-20-9-5-19-16-21(10-6-18(19)15-20)26-29(27,28)22-11-7-17(8-12-22)23-4-3-14-25-23/h3-4,6-8,10-12,14,16,20,24-26H,2,5,9,13,15H2,1H3/t20-/m0/s1. The summed E-state index contributed by atoms with van der Waals surface area (Å²) in [6.07, 6.45) is 6.04. The summed E-state index contributed by atoms with van der Waals surface area (Å²) in [6, 6.07) is 17.2. The number of fused-ring (bicyclic) bond motifs is 1. The molecule has 0 radical (unpaired) electrons. The first-order chi connectivity index (χ1) is 14.0. The smallest absolute Gasteiger partial charge is 0.261 e. The predicted octanol–water partition coefficient (Wildman–Crippen LogP) is 4.34. The van der Waals surface area contributed by atoms with E-state index in [0.29, 0.717) is 11.7 Å². The minimum absolute atomic E-state index is 0.259. The lowest BCUT2D eigenvalue weighted by atomic mass is 9.88. The highest BCUT2D eigenvalue weighted by atomic mass is 32.2. The second kappa shape index (κ2) is 8.43. The van der Waals surface area contributed by atoms with Gasteiger partial charge in [-0.1, -0.05) is 25.1 Å². The van der Waals surface area contributed by atoms with Gasteiger partial charge in [-0.05, 0) is 85.3 Å². The number of anilines is 1. The molecule has 0 saturated heterocycles. The molecule has 1 atom stereocenters. The molecule has 0 unspecified atom stereocenters. The van der Waals surface area contributed by atoms with Gasteiger partial charge in [-0.3, -0.25) is 4.72 Å². The number of hydrogen-bond acceptors (Lipinski definition) is 3. The van der Waals surface area contributed by atoms with Crippen molar-refractivity contribution in [2.75, 3.05) is 11.3 Å². The van der Waals surface area contributed by atoms with Crippen molar-refractivity contribution < 1.29 is 8.42 Å². The van der Waals surface area contributed by atoms with Crippen molar-refractivity contribution in [2.24, 2.45) is 0 Å². The van der Waals surface area contributed by atoms with E-state index in [4.69, 9.17) is 0 Å². The lowest BCUT2D eigenvalue weighted by molar-refractivity contribution is 0.459. The third kappa shape index (κ3) is 4.54. The molecule has 6 heteroatoms. The van der Waals surface area contributed by atoms with Crippen LogP contribution in [-0.4, -0.2) is 26.0 Å². The number of benzene rings is 2. The Labute approximate surface area is 172 Å². The Hall–Kier alpha value is -2.57. The van der Waals surface area contributed by atoms with Gasteiger partial charge in [0.15, 0.2) is 0 Å². The van der Waals surface area contributed by atoms with Crippen LogP contribution in [-0.2, 0) is 22.9 Å². The van der Waals surface area contributed by atoms with Gasteiger partial charge in [-0.15, -0.1) is 0 Å². The summed E-state index contributed by atoms with van der Waals surface area (Å²) < 4.78 is 28.4. The van der Waals surface area contributed by atoms with E-state index in [1.165, 1.54) is 11.1 Å². The second-order valence-corrected chi connectivity index (χ2v) is 9.27. The van der Waals surface area contributed by atoms with Crippen LogP contribution in [0.1, 0.15) is 30.9 Å². The van der Waals surface area contributed by atoms with Gasteiger partial charge in [0.2, 0.25) is 0 Å². The lowest BCUT2D eigenvalue weighted by Crippen LogP contribution is -2.35. The first kappa shape index (κ1) is 19.7. The molecule has 4 rings (SSSR count). The summed E-state index contributed by atoms with van der Waals surface area (Å²) >= 11 is 0. The molecule has 2 aromatic carbocycles. The van der Waals surface area contributed by atoms with Crippen LogP contribution in [0, 0.1) is 0 Å². The number of aromatic nitrogens is 1. The normalized spacial score (nSPS) is 16.4. The number of aromatic amines is 1. The molecule has 0 bridgehead atoms. The molecule has 3 N–H and O–H groups in total. The Balaban J connectivity index is 1.47. The average Bonchev–Trinajstić information content (AvgIpc) is 3.27. The molecule has 0 amide bonds. The first-order valence-electron chi connectivity index (χ1n) is 10.2. The molecular weight excluding hydrogens is 382 g/mol. The molecule has 1 aliphatic carbocycles. The van der Waals surface area contributed by atoms with E-state index in [-0.39, 0.29) is 4.90 Å². The lowest BCUT2D eigenvalue weighted by Gasteiger charge is -2.26. The third-order valence-corrected chi connectivity index (χ3v) is 6.84. The van der Waals surface area contributed by atoms with Gasteiger partial charge in [0.1, 0.15) is 0 Å². The maximum absolute atomic E-state index is 12.8. The Kier molecular flexibility index (Phi) is 5.74. The highest BCUT2D eigenvalue weighted by Gasteiger charge is 2.20. The molecule has 0 spiro atoms. The SMILES string of the molecule is CCCN[C@H]1CCc2cc(NS(=O)(=O)c3ccc(-c4ccc[nH]4)cc3)ccc2C1. The number of aryl methyl sites for hydroxylation is 1. The van der Waals surface area contributed by atoms with Crippen molar-refractivity contribution in [2.45, 2.75) is 43.5 Å². The summed E-state index contributed by atoms with van der Waals surface area (Å²) in [4.78, 5) is 3.38. The molecule has 1 heterocycles. The third-order valence-electron chi connectivity index (χ3n) is 5.44. The van der Waals surface area contributed by atoms with E-state index >= 15 is 0 Å². The molecule has 5 nitrogen and oxygen atoms in total. The summed E-state index contributed by atoms with van der Waals surface area (Å²) in [5.41, 5.74) is 5.08. The highest BCUT2D eigenvalue weighted by molar-refractivity contribution is 7.92. The van der Waals surface area contributed by atoms with Crippen LogP contribution in [0.4, 0.5) is 5.69 Å². The van der Waals surface area contributed by atoms with Gasteiger partial charge >= 0.3 is 0 Å². The Morgan fingerprint density at radius 1 is 1.07 bits per heavy atom. The Morgan fingerprint density at radius 3 is 2.62 bits per heavy atom. The summed E-state index contributed by atoms with van der Waals surface area (Å²) in [6.45, 7) is 3.22. The quantitative estimate of drug-likeness (QED) is 0.543. The zero-order valence-corrected chi connectivity index (χ0v) is 17.4. The molecule has 152 valence electrons. The summed E-state index contributed by atoms with van der Waals surface area (Å²) in [7, 11) is -3.62. The average molecular weight is 410 g/mol. The monoisotopic (exact) mass is 409 g/mol. The van der Waals surface area contributed by atoms with E-state index in [1.54, 1.807) is 12.1 Å². The van der Waals surface area contributed by atoms with Crippen molar-refractivity contribution in [3.63, 3.8) is 0 Å². The maximum Gasteiger partial charge on any atom is 0.261 e. The predicted molar refractivity (Wildman–Crippen MR) is 118 cm³/mol. The second-order valence-electron chi connectivity index (χ2n) is 7.59. The fourth-order valence-electron chi connectivity index (χ4n) is 3.88. The molecule has 0 fully saturated rings. The molecule has 29 heavy (non-hydrogen) atoms. The van der Waals surface area contributed by atoms with Gasteiger partial charge in [0, 0.05) is 23.6 Å². The first-order valence-corrected chi connectivity index (χ1v) is 11.7. The van der Waals surface area contributed by atoms with E-state index in [1.807, 2.05) is 42.6 Å². The zero-order valence-electron chi connectivity index (χ0n) is 16.6. The van der Waals surface area contributed by atoms with Crippen LogP contribution in [0.25, 0.3) is 11.3 Å². The van der Waals surface area contributed by atoms with Crippen LogP contribution in [0.5, 0.6) is 0 Å². The number of H-pyrrole nitrogens is 1. The van der Waals surface area contributed by atoms with Crippen molar-refractivity contribution >= 4 is 15.7 Å². The van der Waals surface area contributed by atoms with E-state index in [9.17, 15) is 8.42 Å². The summed E-state index contributed by atoms with van der Waals surface area (Å²) in [5.74, 6) is 0. The number of nitrogens with one attached hydrogen (secondary N) is 3. The largest absolute Gasteiger partial charge is 0.361 e. The molecule has 1 aliphatic rings. The molecule has 3 aromatic rings. The van der Waals surface area contributed by atoms with Crippen LogP contribution >= 0.6 is 0 Å². The zero-order chi connectivity index (χ0) is 20.3. The van der Waals surface area contributed by atoms with E-state index < -0.39 is 10.0 Å². The van der Waals surface area contributed by atoms with E-state index in [2.05, 4.69) is 28.0 Å². The van der Waals surface area contributed by atoms with Crippen LogP contribution in [0.2, 0.25) is 0 Å². The van der Waals surface area contributed by atoms with Crippen molar-refractivity contribution in [1.82, 2.24) is 10.3 Å². The highest BCUT2D eigenvalue weighted by Crippen LogP contribution is 2.27. The van der Waals surface area contributed by atoms with Gasteiger partial charge in [0.25, 0.3) is 10.0 Å². The number of hydrogen-bond donors (Lipinski definition) is 3. The minimum Gasteiger partial charge on any atom is -0.361 e. The van der Waals surface area contributed by atoms with Crippen molar-refractivity contribution in [1.29, 1.82) is 0 Å². The maximum atomic E-state index is 12.8. The van der Waals surface area contributed by atoms with Crippen LogP contribution < -0.4 is 10.0 Å². The molecule has 0 saturated carbocycles.